The van der Waals surface area contributed by atoms with Crippen molar-refractivity contribution in [3.05, 3.63) is 60.2 Å². The Balaban J connectivity index is 1.52. The average Bonchev–Trinajstić information content (AvgIpc) is 3.13. The monoisotopic (exact) mass is 400 g/mol. The zero-order chi connectivity index (χ0) is 19.1. The Morgan fingerprint density at radius 3 is 2.67 bits per heavy atom. The molecular formula is C19H20N4O2S2. The lowest BCUT2D eigenvalue weighted by atomic mass is 10.2. The molecule has 1 aromatic heterocycles. The summed E-state index contributed by atoms with van der Waals surface area (Å²) >= 11 is 2.81. The van der Waals surface area contributed by atoms with Crippen molar-refractivity contribution in [2.75, 3.05) is 12.4 Å². The van der Waals surface area contributed by atoms with Crippen molar-refractivity contribution >= 4 is 39.8 Å². The van der Waals surface area contributed by atoms with Gasteiger partial charge < -0.3 is 15.4 Å². The van der Waals surface area contributed by atoms with Gasteiger partial charge in [0.05, 0.1) is 12.4 Å². The van der Waals surface area contributed by atoms with Gasteiger partial charge in [-0.25, -0.2) is 0 Å². The molecule has 0 saturated heterocycles. The molecule has 0 spiro atoms. The fraction of sp³-hybridized carbons (Fsp3) is 0.211. The van der Waals surface area contributed by atoms with Crippen LogP contribution >= 0.6 is 23.1 Å². The van der Waals surface area contributed by atoms with E-state index in [1.54, 1.807) is 7.11 Å². The Hall–Kier alpha value is -2.58. The maximum absolute atomic E-state index is 12.4. The molecule has 0 aliphatic carbocycles. The highest BCUT2D eigenvalue weighted by atomic mass is 32.2. The molecule has 3 aromatic rings. The summed E-state index contributed by atoms with van der Waals surface area (Å²) in [4.78, 5) is 12.4. The zero-order valence-electron chi connectivity index (χ0n) is 15.0. The number of rotatable bonds is 8. The normalized spacial score (nSPS) is 11.6. The molecule has 0 fully saturated rings. The van der Waals surface area contributed by atoms with Gasteiger partial charge in [-0.15, -0.1) is 10.2 Å². The highest BCUT2D eigenvalue weighted by Gasteiger charge is 2.17. The smallest absolute Gasteiger partial charge is 0.233 e. The van der Waals surface area contributed by atoms with Gasteiger partial charge in [0.2, 0.25) is 11.0 Å². The van der Waals surface area contributed by atoms with Gasteiger partial charge in [-0.2, -0.15) is 0 Å². The minimum atomic E-state index is -0.280. The van der Waals surface area contributed by atoms with E-state index in [0.29, 0.717) is 11.7 Å². The molecule has 0 radical (unpaired) electrons. The fourth-order valence-electron chi connectivity index (χ4n) is 2.33. The maximum atomic E-state index is 12.4. The standard InChI is InChI=1S/C19H20N4O2S2/c1-13(17(24)20-12-14-8-6-7-11-16(14)25-2)26-19-23-22-18(27-19)21-15-9-4-3-5-10-15/h3-11,13H,12H2,1-2H3,(H,20,24)(H,21,22). The third-order valence-corrected chi connectivity index (χ3v) is 5.75. The molecule has 2 aromatic carbocycles. The molecule has 1 atom stereocenters. The van der Waals surface area contributed by atoms with E-state index in [1.165, 1.54) is 23.1 Å². The molecule has 3 rings (SSSR count). The Morgan fingerprint density at radius 2 is 1.89 bits per heavy atom. The van der Waals surface area contributed by atoms with Crippen LogP contribution in [0.2, 0.25) is 0 Å². The number of aromatic nitrogens is 2. The number of benzene rings is 2. The second-order valence-corrected chi connectivity index (χ2v) is 8.22. The van der Waals surface area contributed by atoms with Crippen molar-refractivity contribution in [3.8, 4) is 5.75 Å². The number of thioether (sulfide) groups is 1. The van der Waals surface area contributed by atoms with Crippen LogP contribution in [0.3, 0.4) is 0 Å². The molecule has 27 heavy (non-hydrogen) atoms. The number of carbonyl (C=O) groups excluding carboxylic acids is 1. The van der Waals surface area contributed by atoms with Crippen LogP contribution in [0.4, 0.5) is 10.8 Å². The number of methoxy groups -OCH3 is 1. The van der Waals surface area contributed by atoms with Crippen molar-refractivity contribution < 1.29 is 9.53 Å². The van der Waals surface area contributed by atoms with E-state index in [1.807, 2.05) is 61.5 Å². The van der Waals surface area contributed by atoms with Crippen molar-refractivity contribution in [1.82, 2.24) is 15.5 Å². The van der Waals surface area contributed by atoms with Crippen molar-refractivity contribution in [2.24, 2.45) is 0 Å². The lowest BCUT2D eigenvalue weighted by molar-refractivity contribution is -0.120. The minimum Gasteiger partial charge on any atom is -0.496 e. The average molecular weight is 401 g/mol. The minimum absolute atomic E-state index is 0.0568. The topological polar surface area (TPSA) is 76.1 Å². The van der Waals surface area contributed by atoms with E-state index >= 15 is 0 Å². The van der Waals surface area contributed by atoms with Gasteiger partial charge in [0.15, 0.2) is 4.34 Å². The van der Waals surface area contributed by atoms with Crippen LogP contribution in [0.1, 0.15) is 12.5 Å². The molecule has 0 bridgehead atoms. The van der Waals surface area contributed by atoms with E-state index in [-0.39, 0.29) is 11.2 Å². The Morgan fingerprint density at radius 1 is 1.15 bits per heavy atom. The number of para-hydroxylation sites is 2. The predicted octanol–water partition coefficient (Wildman–Crippen LogP) is 4.09. The molecule has 1 heterocycles. The molecular weight excluding hydrogens is 380 g/mol. The number of nitrogens with zero attached hydrogens (tertiary/aromatic N) is 2. The second kappa shape index (κ2) is 9.38. The van der Waals surface area contributed by atoms with E-state index in [0.717, 1.165) is 21.3 Å². The van der Waals surface area contributed by atoms with Crippen LogP contribution in [-0.4, -0.2) is 28.5 Å². The van der Waals surface area contributed by atoms with Crippen molar-refractivity contribution in [1.29, 1.82) is 0 Å². The first-order chi connectivity index (χ1) is 13.2. The van der Waals surface area contributed by atoms with Gasteiger partial charge in [-0.3, -0.25) is 4.79 Å². The van der Waals surface area contributed by atoms with Crippen LogP contribution in [-0.2, 0) is 11.3 Å². The third-order valence-electron chi connectivity index (χ3n) is 3.72. The molecule has 1 unspecified atom stereocenters. The van der Waals surface area contributed by atoms with Crippen LogP contribution < -0.4 is 15.4 Å². The summed E-state index contributed by atoms with van der Waals surface area (Å²) < 4.78 is 6.05. The number of carbonyl (C=O) groups is 1. The molecule has 0 aliphatic rings. The lowest BCUT2D eigenvalue weighted by Crippen LogP contribution is -2.30. The fourth-order valence-corrected chi connectivity index (χ4v) is 4.27. The molecule has 0 aliphatic heterocycles. The highest BCUT2D eigenvalue weighted by Crippen LogP contribution is 2.30. The van der Waals surface area contributed by atoms with Gasteiger partial charge in [0, 0.05) is 17.8 Å². The molecule has 6 nitrogen and oxygen atoms in total. The van der Waals surface area contributed by atoms with Crippen LogP contribution in [0.15, 0.2) is 58.9 Å². The number of hydrogen-bond acceptors (Lipinski definition) is 7. The SMILES string of the molecule is COc1ccccc1CNC(=O)C(C)Sc1nnc(Nc2ccccc2)s1. The third kappa shape index (κ3) is 5.45. The van der Waals surface area contributed by atoms with Crippen LogP contribution in [0.25, 0.3) is 0 Å². The largest absolute Gasteiger partial charge is 0.496 e. The summed E-state index contributed by atoms with van der Waals surface area (Å²) in [5.41, 5.74) is 1.89. The molecule has 1 amide bonds. The van der Waals surface area contributed by atoms with Gasteiger partial charge >= 0.3 is 0 Å². The lowest BCUT2D eigenvalue weighted by Gasteiger charge is -2.12. The molecule has 2 N–H and O–H groups in total. The number of ether oxygens (including phenoxy) is 1. The summed E-state index contributed by atoms with van der Waals surface area (Å²) in [6.45, 7) is 2.28. The first-order valence-corrected chi connectivity index (χ1v) is 10.1. The summed E-state index contributed by atoms with van der Waals surface area (Å²) in [6.07, 6.45) is 0. The zero-order valence-corrected chi connectivity index (χ0v) is 16.6. The number of nitrogens with one attached hydrogen (secondary N) is 2. The highest BCUT2D eigenvalue weighted by molar-refractivity contribution is 8.02. The number of anilines is 2. The first kappa shape index (κ1) is 19.2. The Bertz CT molecular complexity index is 886. The van der Waals surface area contributed by atoms with Gasteiger partial charge in [-0.1, -0.05) is 59.5 Å². The Kier molecular flexibility index (Phi) is 6.67. The van der Waals surface area contributed by atoms with E-state index < -0.39 is 0 Å². The summed E-state index contributed by atoms with van der Waals surface area (Å²) in [5, 5.41) is 14.8. The van der Waals surface area contributed by atoms with Crippen molar-refractivity contribution in [3.63, 3.8) is 0 Å². The summed E-state index contributed by atoms with van der Waals surface area (Å²) in [5.74, 6) is 0.706. The van der Waals surface area contributed by atoms with Gasteiger partial charge in [0.25, 0.3) is 0 Å². The predicted molar refractivity (Wildman–Crippen MR) is 110 cm³/mol. The van der Waals surface area contributed by atoms with E-state index in [2.05, 4.69) is 20.8 Å². The molecule has 0 saturated carbocycles. The molecule has 140 valence electrons. The van der Waals surface area contributed by atoms with Gasteiger partial charge in [0.1, 0.15) is 5.75 Å². The van der Waals surface area contributed by atoms with Crippen LogP contribution in [0, 0.1) is 0 Å². The van der Waals surface area contributed by atoms with Crippen LogP contribution in [0.5, 0.6) is 5.75 Å². The van der Waals surface area contributed by atoms with E-state index in [9.17, 15) is 4.79 Å². The van der Waals surface area contributed by atoms with E-state index in [4.69, 9.17) is 4.74 Å². The first-order valence-electron chi connectivity index (χ1n) is 8.37. The number of hydrogen-bond donors (Lipinski definition) is 2. The maximum Gasteiger partial charge on any atom is 0.233 e. The van der Waals surface area contributed by atoms with Gasteiger partial charge in [-0.05, 0) is 25.1 Å². The molecule has 8 heteroatoms. The summed E-state index contributed by atoms with van der Waals surface area (Å²) in [7, 11) is 1.62. The quantitative estimate of drug-likeness (QED) is 0.555. The van der Waals surface area contributed by atoms with Crippen molar-refractivity contribution in [2.45, 2.75) is 23.1 Å². The number of amides is 1. The Labute approximate surface area is 166 Å². The summed E-state index contributed by atoms with van der Waals surface area (Å²) in [6, 6.07) is 17.4. The second-order valence-electron chi connectivity index (χ2n) is 5.65.